The summed E-state index contributed by atoms with van der Waals surface area (Å²) in [7, 11) is 1.67. The molecule has 7 nitrogen and oxygen atoms in total. The molecule has 0 aliphatic carbocycles. The van der Waals surface area contributed by atoms with E-state index in [1.54, 1.807) is 23.3 Å². The van der Waals surface area contributed by atoms with E-state index in [4.69, 9.17) is 4.74 Å². The minimum absolute atomic E-state index is 0.0291. The molecule has 1 aromatic carbocycles. The van der Waals surface area contributed by atoms with Crippen LogP contribution < -0.4 is 15.0 Å². The predicted molar refractivity (Wildman–Crippen MR) is 129 cm³/mol. The molecule has 2 unspecified atom stereocenters. The maximum Gasteiger partial charge on any atom is 0.311 e. The first kappa shape index (κ1) is 24.1. The van der Waals surface area contributed by atoms with Gasteiger partial charge in [-0.05, 0) is 56.5 Å². The van der Waals surface area contributed by atoms with Crippen LogP contribution in [0, 0.1) is 0 Å². The summed E-state index contributed by atoms with van der Waals surface area (Å²) in [4.78, 5) is 32.6. The van der Waals surface area contributed by atoms with Crippen molar-refractivity contribution < 1.29 is 14.3 Å². The topological polar surface area (TPSA) is 65.1 Å². The summed E-state index contributed by atoms with van der Waals surface area (Å²) in [6, 6.07) is 12.1. The minimum Gasteiger partial charge on any atom is -0.497 e. The fourth-order valence-electron chi connectivity index (χ4n) is 4.26. The molecule has 1 N–H and O–H groups in total. The van der Waals surface area contributed by atoms with Crippen LogP contribution in [-0.2, 0) is 9.59 Å². The maximum absolute atomic E-state index is 12.6. The molecule has 1 aliphatic rings. The molecule has 8 heteroatoms. The Morgan fingerprint density at radius 3 is 2.28 bits per heavy atom. The van der Waals surface area contributed by atoms with Crippen molar-refractivity contribution in [1.82, 2.24) is 15.1 Å². The Labute approximate surface area is 194 Å². The summed E-state index contributed by atoms with van der Waals surface area (Å²) in [5, 5.41) is 5.04. The van der Waals surface area contributed by atoms with Crippen molar-refractivity contribution in [2.75, 3.05) is 51.3 Å². The Morgan fingerprint density at radius 1 is 1.09 bits per heavy atom. The van der Waals surface area contributed by atoms with Gasteiger partial charge in [-0.25, -0.2) is 0 Å². The number of hydrogen-bond donors (Lipinski definition) is 1. The molecule has 3 rings (SSSR count). The number of hydrogen-bond acceptors (Lipinski definition) is 6. The molecular formula is C24H34N4O3S. The summed E-state index contributed by atoms with van der Waals surface area (Å²) < 4.78 is 5.26. The van der Waals surface area contributed by atoms with Gasteiger partial charge in [0.05, 0.1) is 13.2 Å². The van der Waals surface area contributed by atoms with E-state index in [0.717, 1.165) is 31.9 Å². The normalized spacial score (nSPS) is 16.3. The largest absolute Gasteiger partial charge is 0.497 e. The number of piperazine rings is 1. The van der Waals surface area contributed by atoms with Crippen molar-refractivity contribution in [2.24, 2.45) is 0 Å². The van der Waals surface area contributed by atoms with Crippen molar-refractivity contribution >= 4 is 28.8 Å². The molecule has 1 aromatic heterocycles. The zero-order chi connectivity index (χ0) is 23.1. The van der Waals surface area contributed by atoms with Crippen LogP contribution in [0.2, 0.25) is 0 Å². The van der Waals surface area contributed by atoms with Crippen LogP contribution in [-0.4, -0.2) is 74.0 Å². The van der Waals surface area contributed by atoms with Crippen LogP contribution in [0.1, 0.15) is 31.7 Å². The molecule has 32 heavy (non-hydrogen) atoms. The van der Waals surface area contributed by atoms with Gasteiger partial charge >= 0.3 is 11.8 Å². The van der Waals surface area contributed by atoms with Gasteiger partial charge in [0.15, 0.2) is 0 Å². The quantitative estimate of drug-likeness (QED) is 0.616. The molecule has 1 fully saturated rings. The van der Waals surface area contributed by atoms with Crippen LogP contribution >= 0.6 is 11.3 Å². The van der Waals surface area contributed by atoms with E-state index < -0.39 is 11.8 Å². The Morgan fingerprint density at radius 2 is 1.75 bits per heavy atom. The van der Waals surface area contributed by atoms with Gasteiger partial charge in [0, 0.05) is 55.9 Å². The number of amides is 2. The average Bonchev–Trinajstić information content (AvgIpc) is 3.34. The van der Waals surface area contributed by atoms with E-state index in [1.807, 2.05) is 39.0 Å². The Bertz CT molecular complexity index is 860. The van der Waals surface area contributed by atoms with E-state index in [9.17, 15) is 9.59 Å². The number of carbonyl (C=O) groups is 2. The zero-order valence-electron chi connectivity index (χ0n) is 19.4. The molecule has 1 aliphatic heterocycles. The molecule has 0 radical (unpaired) electrons. The number of ether oxygens (including phenoxy) is 1. The number of rotatable bonds is 8. The van der Waals surface area contributed by atoms with Crippen molar-refractivity contribution in [3.05, 3.63) is 46.7 Å². The second-order valence-electron chi connectivity index (χ2n) is 7.92. The average molecular weight is 459 g/mol. The first-order chi connectivity index (χ1) is 15.5. The number of methoxy groups -OCH3 is 1. The summed E-state index contributed by atoms with van der Waals surface area (Å²) in [6.45, 7) is 10.4. The zero-order valence-corrected chi connectivity index (χ0v) is 20.2. The Kier molecular flexibility index (Phi) is 8.53. The summed E-state index contributed by atoms with van der Waals surface area (Å²) >= 11 is 1.69. The van der Waals surface area contributed by atoms with Crippen LogP contribution in [0.15, 0.2) is 41.8 Å². The number of nitrogens with one attached hydrogen (secondary N) is 1. The molecular weight excluding hydrogens is 424 g/mol. The second kappa shape index (κ2) is 11.3. The summed E-state index contributed by atoms with van der Waals surface area (Å²) in [5.41, 5.74) is 1.18. The van der Waals surface area contributed by atoms with Crippen molar-refractivity contribution in [2.45, 2.75) is 32.9 Å². The summed E-state index contributed by atoms with van der Waals surface area (Å²) in [6.07, 6.45) is 0. The van der Waals surface area contributed by atoms with Crippen LogP contribution in [0.4, 0.5) is 5.69 Å². The van der Waals surface area contributed by atoms with Crippen LogP contribution in [0.5, 0.6) is 5.75 Å². The van der Waals surface area contributed by atoms with Gasteiger partial charge in [0.25, 0.3) is 0 Å². The van der Waals surface area contributed by atoms with Crippen LogP contribution in [0.3, 0.4) is 0 Å². The highest BCUT2D eigenvalue weighted by Crippen LogP contribution is 2.30. The fourth-order valence-corrected chi connectivity index (χ4v) is 5.22. The minimum atomic E-state index is -0.528. The van der Waals surface area contributed by atoms with E-state index in [0.29, 0.717) is 13.1 Å². The standard InChI is InChI=1S/C24H34N4O3S/c1-5-26(6-2)24(30)23(29)25-18(3)22(21-8-7-17-32-21)28-15-13-27(14-16-28)19-9-11-20(31-4)12-10-19/h7-12,17-18,22H,5-6,13-16H2,1-4H3,(H,25,29). The number of anilines is 1. The van der Waals surface area contributed by atoms with Crippen LogP contribution in [0.25, 0.3) is 0 Å². The van der Waals surface area contributed by atoms with Gasteiger partial charge < -0.3 is 19.9 Å². The number of likely N-dealkylation sites (N-methyl/N-ethyl adjacent to an activating group) is 1. The number of nitrogens with zero attached hydrogens (tertiary/aromatic N) is 3. The lowest BCUT2D eigenvalue weighted by Crippen LogP contribution is -2.54. The fraction of sp³-hybridized carbons (Fsp3) is 0.500. The lowest BCUT2D eigenvalue weighted by Gasteiger charge is -2.42. The van der Waals surface area contributed by atoms with E-state index in [-0.39, 0.29) is 12.1 Å². The third-order valence-electron chi connectivity index (χ3n) is 6.06. The molecule has 2 atom stereocenters. The molecule has 0 spiro atoms. The SMILES string of the molecule is CCN(CC)C(=O)C(=O)NC(C)C(c1cccs1)N1CCN(c2ccc(OC)cc2)CC1. The lowest BCUT2D eigenvalue weighted by molar-refractivity contribution is -0.146. The van der Waals surface area contributed by atoms with Gasteiger partial charge in [-0.2, -0.15) is 0 Å². The molecule has 0 bridgehead atoms. The highest BCUT2D eigenvalue weighted by atomic mass is 32.1. The van der Waals surface area contributed by atoms with E-state index in [1.165, 1.54) is 10.6 Å². The molecule has 174 valence electrons. The molecule has 2 aromatic rings. The Hall–Kier alpha value is -2.58. The third kappa shape index (κ3) is 5.61. The van der Waals surface area contributed by atoms with Crippen molar-refractivity contribution in [3.63, 3.8) is 0 Å². The van der Waals surface area contributed by atoms with Gasteiger partial charge in [0.1, 0.15) is 5.75 Å². The number of thiophene rings is 1. The van der Waals surface area contributed by atoms with Gasteiger partial charge in [0.2, 0.25) is 0 Å². The predicted octanol–water partition coefficient (Wildman–Crippen LogP) is 2.99. The molecule has 0 saturated carbocycles. The molecule has 2 amide bonds. The molecule has 2 heterocycles. The second-order valence-corrected chi connectivity index (χ2v) is 8.90. The van der Waals surface area contributed by atoms with E-state index >= 15 is 0 Å². The Balaban J connectivity index is 1.67. The summed E-state index contributed by atoms with van der Waals surface area (Å²) in [5.74, 6) is -0.135. The van der Waals surface area contributed by atoms with Gasteiger partial charge in [-0.3, -0.25) is 14.5 Å². The number of benzene rings is 1. The highest BCUT2D eigenvalue weighted by molar-refractivity contribution is 7.10. The number of carbonyl (C=O) groups excluding carboxylic acids is 2. The maximum atomic E-state index is 12.6. The van der Waals surface area contributed by atoms with Gasteiger partial charge in [-0.1, -0.05) is 6.07 Å². The first-order valence-corrected chi connectivity index (χ1v) is 12.1. The smallest absolute Gasteiger partial charge is 0.311 e. The third-order valence-corrected chi connectivity index (χ3v) is 7.00. The molecule has 1 saturated heterocycles. The first-order valence-electron chi connectivity index (χ1n) is 11.2. The van der Waals surface area contributed by atoms with E-state index in [2.05, 4.69) is 38.7 Å². The lowest BCUT2D eigenvalue weighted by atomic mass is 10.0. The van der Waals surface area contributed by atoms with Gasteiger partial charge in [-0.15, -0.1) is 11.3 Å². The van der Waals surface area contributed by atoms with Crippen molar-refractivity contribution in [1.29, 1.82) is 0 Å². The highest BCUT2D eigenvalue weighted by Gasteiger charge is 2.32. The monoisotopic (exact) mass is 458 g/mol. The van der Waals surface area contributed by atoms with Crippen molar-refractivity contribution in [3.8, 4) is 5.75 Å².